The first-order valence-corrected chi connectivity index (χ1v) is 12.5. The number of aryl methyl sites for hydroxylation is 2. The molecule has 1 unspecified atom stereocenters. The molecular weight excluding hydrogens is 465 g/mol. The van der Waals surface area contributed by atoms with Crippen molar-refractivity contribution in [3.05, 3.63) is 59.0 Å². The minimum absolute atomic E-state index is 0.0575. The molecule has 5 N–H and O–H groups in total. The van der Waals surface area contributed by atoms with E-state index in [-0.39, 0.29) is 18.7 Å². The number of anilines is 1. The molecule has 11 heteroatoms. The Morgan fingerprint density at radius 2 is 2.00 bits per heavy atom. The molecule has 0 saturated carbocycles. The van der Waals surface area contributed by atoms with Crippen LogP contribution in [-0.4, -0.2) is 55.5 Å². The maximum Gasteiger partial charge on any atom is 0.303 e. The highest BCUT2D eigenvalue weighted by Gasteiger charge is 2.13. The monoisotopic (exact) mass is 493 g/mol. The standard InChI is InChI=1S/C23H28FN3O6S/c1-14-17-5-4-16(12-20(17)26-19(14)7-8-23(29)30)33-10-9-25-13-22(28)15-3-6-18(24)21(11-15)27-34(2,31)32/h3-6,11-12,22,25-28H,7-10,13H2,1-2H3,(H,29,30). The number of aliphatic hydroxyl groups is 1. The van der Waals surface area contributed by atoms with Crippen LogP contribution in [-0.2, 0) is 21.2 Å². The van der Waals surface area contributed by atoms with Crippen LogP contribution in [0.4, 0.5) is 10.1 Å². The van der Waals surface area contributed by atoms with Crippen molar-refractivity contribution >= 4 is 32.6 Å². The molecule has 0 spiro atoms. The summed E-state index contributed by atoms with van der Waals surface area (Å²) in [4.78, 5) is 14.1. The number of aliphatic carboxylic acids is 1. The van der Waals surface area contributed by atoms with Crippen LogP contribution in [0.5, 0.6) is 5.75 Å². The summed E-state index contributed by atoms with van der Waals surface area (Å²) < 4.78 is 44.3. The van der Waals surface area contributed by atoms with Crippen molar-refractivity contribution in [2.45, 2.75) is 25.9 Å². The van der Waals surface area contributed by atoms with Gasteiger partial charge in [0.25, 0.3) is 0 Å². The van der Waals surface area contributed by atoms with Gasteiger partial charge in [-0.1, -0.05) is 6.07 Å². The van der Waals surface area contributed by atoms with Gasteiger partial charge in [0.05, 0.1) is 24.5 Å². The smallest absolute Gasteiger partial charge is 0.303 e. The predicted molar refractivity (Wildman–Crippen MR) is 127 cm³/mol. The second-order valence-electron chi connectivity index (χ2n) is 8.01. The summed E-state index contributed by atoms with van der Waals surface area (Å²) in [6.45, 7) is 2.87. The van der Waals surface area contributed by atoms with Crippen molar-refractivity contribution in [2.75, 3.05) is 30.7 Å². The molecule has 0 fully saturated rings. The molecule has 1 atom stereocenters. The van der Waals surface area contributed by atoms with E-state index in [1.165, 1.54) is 12.1 Å². The Balaban J connectivity index is 1.50. The number of hydrogen-bond acceptors (Lipinski definition) is 6. The lowest BCUT2D eigenvalue weighted by molar-refractivity contribution is -0.136. The maximum atomic E-state index is 13.8. The number of carbonyl (C=O) groups is 1. The van der Waals surface area contributed by atoms with Crippen molar-refractivity contribution in [3.63, 3.8) is 0 Å². The molecule has 0 aliphatic rings. The van der Waals surface area contributed by atoms with Gasteiger partial charge in [0, 0.05) is 35.8 Å². The van der Waals surface area contributed by atoms with E-state index in [4.69, 9.17) is 9.84 Å². The van der Waals surface area contributed by atoms with Crippen molar-refractivity contribution in [2.24, 2.45) is 0 Å². The van der Waals surface area contributed by atoms with Crippen LogP contribution >= 0.6 is 0 Å². The third-order valence-corrected chi connectivity index (χ3v) is 5.87. The van der Waals surface area contributed by atoms with Gasteiger partial charge in [-0.15, -0.1) is 0 Å². The Morgan fingerprint density at radius 3 is 2.71 bits per heavy atom. The molecule has 34 heavy (non-hydrogen) atoms. The molecule has 3 rings (SSSR count). The lowest BCUT2D eigenvalue weighted by Gasteiger charge is -2.14. The van der Waals surface area contributed by atoms with Gasteiger partial charge in [0.15, 0.2) is 0 Å². The summed E-state index contributed by atoms with van der Waals surface area (Å²) in [5.74, 6) is -0.924. The molecule has 0 saturated heterocycles. The molecule has 0 aliphatic heterocycles. The van der Waals surface area contributed by atoms with Gasteiger partial charge in [-0.05, 0) is 48.7 Å². The zero-order chi connectivity index (χ0) is 24.9. The van der Waals surface area contributed by atoms with Crippen molar-refractivity contribution in [3.8, 4) is 5.75 Å². The number of benzene rings is 2. The van der Waals surface area contributed by atoms with E-state index in [2.05, 4.69) is 15.0 Å². The number of rotatable bonds is 12. The van der Waals surface area contributed by atoms with Crippen LogP contribution in [0.1, 0.15) is 29.3 Å². The lowest BCUT2D eigenvalue weighted by Crippen LogP contribution is -2.26. The Bertz CT molecular complexity index is 1280. The summed E-state index contributed by atoms with van der Waals surface area (Å²) in [6, 6.07) is 9.38. The fourth-order valence-corrected chi connectivity index (χ4v) is 4.13. The van der Waals surface area contributed by atoms with E-state index in [9.17, 15) is 22.7 Å². The van der Waals surface area contributed by atoms with Crippen LogP contribution in [0, 0.1) is 12.7 Å². The number of carboxylic acid groups (broad SMARTS) is 1. The van der Waals surface area contributed by atoms with Gasteiger partial charge in [-0.3, -0.25) is 9.52 Å². The van der Waals surface area contributed by atoms with Crippen molar-refractivity contribution in [1.82, 2.24) is 10.3 Å². The van der Waals surface area contributed by atoms with Gasteiger partial charge >= 0.3 is 5.97 Å². The first-order valence-electron chi connectivity index (χ1n) is 10.7. The van der Waals surface area contributed by atoms with E-state index in [1.54, 1.807) is 0 Å². The topological polar surface area (TPSA) is 141 Å². The minimum Gasteiger partial charge on any atom is -0.492 e. The highest BCUT2D eigenvalue weighted by Crippen LogP contribution is 2.26. The van der Waals surface area contributed by atoms with Crippen LogP contribution in [0.15, 0.2) is 36.4 Å². The number of aromatic amines is 1. The number of ether oxygens (including phenoxy) is 1. The average Bonchev–Trinajstić information content (AvgIpc) is 3.07. The molecule has 3 aromatic rings. The lowest BCUT2D eigenvalue weighted by atomic mass is 10.1. The largest absolute Gasteiger partial charge is 0.492 e. The number of aromatic nitrogens is 1. The molecule has 9 nitrogen and oxygen atoms in total. The average molecular weight is 494 g/mol. The van der Waals surface area contributed by atoms with Crippen LogP contribution in [0.3, 0.4) is 0 Å². The molecule has 0 amide bonds. The van der Waals surface area contributed by atoms with E-state index in [1.807, 2.05) is 25.1 Å². The van der Waals surface area contributed by atoms with Gasteiger partial charge in [-0.2, -0.15) is 0 Å². The number of halogens is 1. The van der Waals surface area contributed by atoms with Gasteiger partial charge in [0.2, 0.25) is 10.0 Å². The van der Waals surface area contributed by atoms with Gasteiger partial charge < -0.3 is 25.3 Å². The molecule has 0 radical (unpaired) electrons. The number of sulfonamides is 1. The van der Waals surface area contributed by atoms with Crippen LogP contribution < -0.4 is 14.8 Å². The number of nitrogens with one attached hydrogen (secondary N) is 3. The predicted octanol–water partition coefficient (Wildman–Crippen LogP) is 2.71. The SMILES string of the molecule is Cc1c(CCC(=O)O)[nH]c2cc(OCCNCC(O)c3ccc(F)c(NS(C)(=O)=O)c3)ccc12. The van der Waals surface area contributed by atoms with E-state index < -0.39 is 27.9 Å². The van der Waals surface area contributed by atoms with E-state index in [0.717, 1.165) is 34.5 Å². The molecule has 1 aromatic heterocycles. The van der Waals surface area contributed by atoms with Crippen molar-refractivity contribution in [1.29, 1.82) is 0 Å². The molecule has 0 aliphatic carbocycles. The highest BCUT2D eigenvalue weighted by atomic mass is 32.2. The highest BCUT2D eigenvalue weighted by molar-refractivity contribution is 7.92. The Kier molecular flexibility index (Phi) is 8.13. The second-order valence-corrected chi connectivity index (χ2v) is 9.76. The summed E-state index contributed by atoms with van der Waals surface area (Å²) >= 11 is 0. The zero-order valence-electron chi connectivity index (χ0n) is 18.9. The number of aliphatic hydroxyl groups excluding tert-OH is 1. The third kappa shape index (κ3) is 6.92. The summed E-state index contributed by atoms with van der Waals surface area (Å²) in [5.41, 5.74) is 2.93. The number of fused-ring (bicyclic) bond motifs is 1. The Hall–Kier alpha value is -3.15. The third-order valence-electron chi connectivity index (χ3n) is 5.28. The molecule has 0 bridgehead atoms. The maximum absolute atomic E-state index is 13.8. The molecule has 1 heterocycles. The number of hydrogen-bond donors (Lipinski definition) is 5. The first-order chi connectivity index (χ1) is 16.0. The summed E-state index contributed by atoms with van der Waals surface area (Å²) in [5, 5.41) is 23.3. The number of carboxylic acids is 1. The molecule has 2 aromatic carbocycles. The Labute approximate surface area is 197 Å². The van der Waals surface area contributed by atoms with Gasteiger partial charge in [0.1, 0.15) is 18.2 Å². The van der Waals surface area contributed by atoms with Crippen molar-refractivity contribution < 1.29 is 32.6 Å². The molecule has 184 valence electrons. The summed E-state index contributed by atoms with van der Waals surface area (Å²) in [6.07, 6.45) is 0.438. The fraction of sp³-hybridized carbons (Fsp3) is 0.348. The minimum atomic E-state index is -3.64. The zero-order valence-corrected chi connectivity index (χ0v) is 19.7. The van der Waals surface area contributed by atoms with Crippen LogP contribution in [0.2, 0.25) is 0 Å². The Morgan fingerprint density at radius 1 is 1.24 bits per heavy atom. The fourth-order valence-electron chi connectivity index (χ4n) is 3.57. The van der Waals surface area contributed by atoms with E-state index >= 15 is 0 Å². The van der Waals surface area contributed by atoms with Crippen LogP contribution in [0.25, 0.3) is 10.9 Å². The first kappa shape index (κ1) is 25.5. The van der Waals surface area contributed by atoms with Gasteiger partial charge in [-0.25, -0.2) is 12.8 Å². The summed E-state index contributed by atoms with van der Waals surface area (Å²) in [7, 11) is -3.64. The normalized spacial score (nSPS) is 12.6. The molecular formula is C23H28FN3O6S. The van der Waals surface area contributed by atoms with E-state index in [0.29, 0.717) is 30.9 Å². The number of H-pyrrole nitrogens is 1. The quantitative estimate of drug-likeness (QED) is 0.244. The second kappa shape index (κ2) is 10.9.